The number of nitro benzene ring substituents is 1. The van der Waals surface area contributed by atoms with E-state index in [0.717, 1.165) is 31.4 Å². The maximum Gasteiger partial charge on any atom is 0.269 e. The third-order valence-corrected chi connectivity index (χ3v) is 3.92. The SMILES string of the molecule is CCCC(NCCCS(C)=O)c1cccc([N+](=O)[O-])c1. The summed E-state index contributed by atoms with van der Waals surface area (Å²) in [6, 6.07) is 6.89. The van der Waals surface area contributed by atoms with Crippen LogP contribution in [-0.2, 0) is 10.8 Å². The highest BCUT2D eigenvalue weighted by Gasteiger charge is 2.13. The molecule has 1 aromatic carbocycles. The molecule has 6 heteroatoms. The Morgan fingerprint density at radius 3 is 2.80 bits per heavy atom. The van der Waals surface area contributed by atoms with Gasteiger partial charge in [0, 0.05) is 41.0 Å². The molecule has 5 nitrogen and oxygen atoms in total. The van der Waals surface area contributed by atoms with Gasteiger partial charge in [0.2, 0.25) is 0 Å². The summed E-state index contributed by atoms with van der Waals surface area (Å²) in [4.78, 5) is 10.5. The molecule has 0 bridgehead atoms. The maximum atomic E-state index is 11.0. The van der Waals surface area contributed by atoms with E-state index in [1.165, 1.54) is 6.07 Å². The van der Waals surface area contributed by atoms with Crippen LogP contribution in [-0.4, -0.2) is 27.7 Å². The minimum atomic E-state index is -0.768. The summed E-state index contributed by atoms with van der Waals surface area (Å²) in [5, 5.41) is 14.2. The third kappa shape index (κ3) is 5.79. The van der Waals surface area contributed by atoms with E-state index in [4.69, 9.17) is 0 Å². The summed E-state index contributed by atoms with van der Waals surface area (Å²) in [5.74, 6) is 0.681. The maximum absolute atomic E-state index is 11.0. The molecule has 20 heavy (non-hydrogen) atoms. The summed E-state index contributed by atoms with van der Waals surface area (Å²) in [5.41, 5.74) is 1.07. The predicted octanol–water partition coefficient (Wildman–Crippen LogP) is 2.79. The van der Waals surface area contributed by atoms with Crippen LogP contribution in [0.15, 0.2) is 24.3 Å². The van der Waals surface area contributed by atoms with Gasteiger partial charge in [0.25, 0.3) is 5.69 Å². The van der Waals surface area contributed by atoms with Gasteiger partial charge in [-0.25, -0.2) is 0 Å². The van der Waals surface area contributed by atoms with Gasteiger partial charge >= 0.3 is 0 Å². The quantitative estimate of drug-likeness (QED) is 0.432. The first-order valence-electron chi connectivity index (χ1n) is 6.82. The van der Waals surface area contributed by atoms with Crippen molar-refractivity contribution < 1.29 is 9.13 Å². The minimum absolute atomic E-state index is 0.116. The zero-order valence-electron chi connectivity index (χ0n) is 12.0. The number of hydrogen-bond acceptors (Lipinski definition) is 4. The average molecular weight is 298 g/mol. The average Bonchev–Trinajstić information content (AvgIpc) is 2.42. The number of nitro groups is 1. The van der Waals surface area contributed by atoms with Gasteiger partial charge in [0.05, 0.1) is 4.92 Å². The van der Waals surface area contributed by atoms with Gasteiger partial charge in [-0.2, -0.15) is 0 Å². The van der Waals surface area contributed by atoms with Crippen molar-refractivity contribution in [1.82, 2.24) is 5.32 Å². The molecule has 0 aliphatic carbocycles. The lowest BCUT2D eigenvalue weighted by molar-refractivity contribution is -0.384. The van der Waals surface area contributed by atoms with Gasteiger partial charge in [-0.3, -0.25) is 14.3 Å². The Morgan fingerprint density at radius 1 is 1.45 bits per heavy atom. The first-order chi connectivity index (χ1) is 9.54. The molecule has 0 saturated carbocycles. The van der Waals surface area contributed by atoms with E-state index in [1.807, 2.05) is 6.07 Å². The number of nitrogens with zero attached hydrogens (tertiary/aromatic N) is 1. The summed E-state index contributed by atoms with van der Waals surface area (Å²) in [6.07, 6.45) is 4.47. The number of rotatable bonds is 9. The smallest absolute Gasteiger partial charge is 0.269 e. The lowest BCUT2D eigenvalue weighted by Crippen LogP contribution is -2.23. The molecule has 2 atom stereocenters. The van der Waals surface area contributed by atoms with Crippen LogP contribution >= 0.6 is 0 Å². The molecule has 0 radical (unpaired) electrons. The van der Waals surface area contributed by atoms with Gasteiger partial charge in [-0.05, 0) is 24.9 Å². The molecule has 112 valence electrons. The van der Waals surface area contributed by atoms with E-state index in [9.17, 15) is 14.3 Å². The highest BCUT2D eigenvalue weighted by Crippen LogP contribution is 2.22. The number of non-ortho nitro benzene ring substituents is 1. The van der Waals surface area contributed by atoms with Crippen molar-refractivity contribution in [2.45, 2.75) is 32.2 Å². The van der Waals surface area contributed by atoms with Crippen molar-refractivity contribution in [1.29, 1.82) is 0 Å². The van der Waals surface area contributed by atoms with Crippen LogP contribution in [0.5, 0.6) is 0 Å². The molecular formula is C14H22N2O3S. The fourth-order valence-electron chi connectivity index (χ4n) is 2.08. The monoisotopic (exact) mass is 298 g/mol. The molecule has 0 aromatic heterocycles. The molecular weight excluding hydrogens is 276 g/mol. The van der Waals surface area contributed by atoms with Gasteiger partial charge in [-0.15, -0.1) is 0 Å². The van der Waals surface area contributed by atoms with E-state index in [1.54, 1.807) is 18.4 Å². The van der Waals surface area contributed by atoms with E-state index in [2.05, 4.69) is 12.2 Å². The molecule has 2 unspecified atom stereocenters. The first kappa shape index (κ1) is 16.8. The molecule has 0 aliphatic heterocycles. The molecule has 0 amide bonds. The normalized spacial score (nSPS) is 13.9. The van der Waals surface area contributed by atoms with Gasteiger partial charge in [0.15, 0.2) is 0 Å². The van der Waals surface area contributed by atoms with Crippen molar-refractivity contribution in [3.05, 3.63) is 39.9 Å². The van der Waals surface area contributed by atoms with E-state index >= 15 is 0 Å². The van der Waals surface area contributed by atoms with Crippen molar-refractivity contribution in [3.8, 4) is 0 Å². The Morgan fingerprint density at radius 2 is 2.20 bits per heavy atom. The van der Waals surface area contributed by atoms with Crippen LogP contribution in [0.1, 0.15) is 37.8 Å². The Balaban J connectivity index is 2.67. The molecule has 0 saturated heterocycles. The van der Waals surface area contributed by atoms with Crippen LogP contribution in [0.2, 0.25) is 0 Å². The van der Waals surface area contributed by atoms with E-state index in [-0.39, 0.29) is 16.7 Å². The molecule has 0 heterocycles. The van der Waals surface area contributed by atoms with E-state index < -0.39 is 10.8 Å². The number of hydrogen-bond donors (Lipinski definition) is 1. The van der Waals surface area contributed by atoms with Crippen LogP contribution < -0.4 is 5.32 Å². The molecule has 0 spiro atoms. The molecule has 1 aromatic rings. The molecule has 1 rings (SSSR count). The fourth-order valence-corrected chi connectivity index (χ4v) is 2.63. The van der Waals surface area contributed by atoms with Gasteiger partial charge < -0.3 is 5.32 Å². The van der Waals surface area contributed by atoms with Crippen molar-refractivity contribution in [2.24, 2.45) is 0 Å². The molecule has 1 N–H and O–H groups in total. The van der Waals surface area contributed by atoms with Gasteiger partial charge in [-0.1, -0.05) is 25.5 Å². The van der Waals surface area contributed by atoms with Crippen LogP contribution in [0, 0.1) is 10.1 Å². The van der Waals surface area contributed by atoms with Crippen molar-refractivity contribution in [2.75, 3.05) is 18.6 Å². The first-order valence-corrected chi connectivity index (χ1v) is 8.55. The summed E-state index contributed by atoms with van der Waals surface area (Å²) < 4.78 is 11.0. The highest BCUT2D eigenvalue weighted by molar-refractivity contribution is 7.84. The lowest BCUT2D eigenvalue weighted by atomic mass is 10.0. The third-order valence-electron chi connectivity index (χ3n) is 3.06. The Labute approximate surface area is 122 Å². The standard InChI is InChI=1S/C14H22N2O3S/c1-3-6-14(15-9-5-10-20(2)19)12-7-4-8-13(11-12)16(17)18/h4,7-8,11,14-15H,3,5-6,9-10H2,1-2H3. The number of benzene rings is 1. The largest absolute Gasteiger partial charge is 0.310 e. The topological polar surface area (TPSA) is 72.2 Å². The second-order valence-corrected chi connectivity index (χ2v) is 6.33. The lowest BCUT2D eigenvalue weighted by Gasteiger charge is -2.18. The molecule has 0 fully saturated rings. The van der Waals surface area contributed by atoms with E-state index in [0.29, 0.717) is 5.75 Å². The zero-order chi connectivity index (χ0) is 15.0. The Hall–Kier alpha value is -1.27. The van der Waals surface area contributed by atoms with Crippen LogP contribution in [0.25, 0.3) is 0 Å². The second kappa shape index (κ2) is 8.81. The number of nitrogens with one attached hydrogen (secondary N) is 1. The van der Waals surface area contributed by atoms with Crippen molar-refractivity contribution in [3.63, 3.8) is 0 Å². The van der Waals surface area contributed by atoms with Crippen LogP contribution in [0.4, 0.5) is 5.69 Å². The van der Waals surface area contributed by atoms with Crippen LogP contribution in [0.3, 0.4) is 0 Å². The van der Waals surface area contributed by atoms with Crippen molar-refractivity contribution >= 4 is 16.5 Å². The highest BCUT2D eigenvalue weighted by atomic mass is 32.2. The Kier molecular flexibility index (Phi) is 7.40. The summed E-state index contributed by atoms with van der Waals surface area (Å²) in [6.45, 7) is 2.86. The summed E-state index contributed by atoms with van der Waals surface area (Å²) in [7, 11) is -0.768. The predicted molar refractivity (Wildman–Crippen MR) is 82.3 cm³/mol. The summed E-state index contributed by atoms with van der Waals surface area (Å²) >= 11 is 0. The second-order valence-electron chi connectivity index (χ2n) is 4.78. The minimum Gasteiger partial charge on any atom is -0.310 e. The fraction of sp³-hybridized carbons (Fsp3) is 0.571. The van der Waals surface area contributed by atoms with Gasteiger partial charge in [0.1, 0.15) is 0 Å². The zero-order valence-corrected chi connectivity index (χ0v) is 12.8. The molecule has 0 aliphatic rings. The Bertz CT molecular complexity index is 465.